The molecule has 3 fully saturated rings. The molecular weight excluding hydrogens is 376 g/mol. The number of aliphatic hydroxyl groups is 4. The number of fused-ring (bicyclic) bond motifs is 1. The Bertz CT molecular complexity index is 691. The number of hydrogen-bond donors (Lipinski definition) is 4. The molecule has 0 saturated heterocycles. The molecule has 4 heteroatoms. The molecule has 0 bridgehead atoms. The highest BCUT2D eigenvalue weighted by molar-refractivity contribution is 5.38. The van der Waals surface area contributed by atoms with Crippen molar-refractivity contribution in [1.82, 2.24) is 0 Å². The highest BCUT2D eigenvalue weighted by Gasteiger charge is 2.50. The van der Waals surface area contributed by atoms with Crippen molar-refractivity contribution in [3.63, 3.8) is 0 Å². The first-order valence-corrected chi connectivity index (χ1v) is 11.9. The van der Waals surface area contributed by atoms with Gasteiger partial charge in [-0.1, -0.05) is 38.2 Å². The van der Waals surface area contributed by atoms with E-state index in [0.717, 1.165) is 24.0 Å². The van der Waals surface area contributed by atoms with Crippen LogP contribution in [0, 0.1) is 23.2 Å². The molecule has 0 spiro atoms. The van der Waals surface area contributed by atoms with Crippen molar-refractivity contribution in [2.24, 2.45) is 23.2 Å². The molecular formula is C26H42O4. The average Bonchev–Trinajstić information content (AvgIpc) is 3.05. The van der Waals surface area contributed by atoms with Crippen molar-refractivity contribution in [3.05, 3.63) is 35.5 Å². The largest absolute Gasteiger partial charge is 0.393 e. The Kier molecular flexibility index (Phi) is 7.33. The SMILES string of the molecule is C=C1/C(=C\C=C2/CCC[C@]3(C)[C@@H]([C@H](C)CC[C@@](C)(O)CO)CC[C@@H]23)C[C@@H](O)C[C@@H]1O. The summed E-state index contributed by atoms with van der Waals surface area (Å²) in [4.78, 5) is 0. The van der Waals surface area contributed by atoms with E-state index in [1.807, 2.05) is 0 Å². The van der Waals surface area contributed by atoms with E-state index in [9.17, 15) is 20.4 Å². The first-order valence-electron chi connectivity index (χ1n) is 11.9. The van der Waals surface area contributed by atoms with Crippen molar-refractivity contribution in [2.45, 2.75) is 96.4 Å². The van der Waals surface area contributed by atoms with Crippen LogP contribution in [0.2, 0.25) is 0 Å². The van der Waals surface area contributed by atoms with Gasteiger partial charge >= 0.3 is 0 Å². The smallest absolute Gasteiger partial charge is 0.0849 e. The van der Waals surface area contributed by atoms with Crippen LogP contribution >= 0.6 is 0 Å². The molecule has 3 saturated carbocycles. The fourth-order valence-electron chi connectivity index (χ4n) is 6.50. The number of rotatable bonds is 6. The van der Waals surface area contributed by atoms with E-state index in [2.05, 4.69) is 32.6 Å². The third kappa shape index (κ3) is 4.93. The van der Waals surface area contributed by atoms with Crippen LogP contribution in [-0.2, 0) is 0 Å². The molecule has 3 aliphatic carbocycles. The minimum Gasteiger partial charge on any atom is -0.393 e. The Morgan fingerprint density at radius 1 is 1.27 bits per heavy atom. The normalized spacial score (nSPS) is 40.4. The van der Waals surface area contributed by atoms with Crippen LogP contribution in [-0.4, -0.2) is 44.8 Å². The van der Waals surface area contributed by atoms with Gasteiger partial charge in [-0.15, -0.1) is 0 Å². The van der Waals surface area contributed by atoms with Gasteiger partial charge in [0.05, 0.1) is 24.4 Å². The number of aliphatic hydroxyl groups excluding tert-OH is 3. The molecule has 0 aromatic heterocycles. The van der Waals surface area contributed by atoms with Gasteiger partial charge in [0, 0.05) is 6.42 Å². The van der Waals surface area contributed by atoms with Gasteiger partial charge in [-0.2, -0.15) is 0 Å². The number of allylic oxidation sites excluding steroid dienone is 3. The zero-order valence-corrected chi connectivity index (χ0v) is 19.1. The monoisotopic (exact) mass is 418 g/mol. The van der Waals surface area contributed by atoms with Gasteiger partial charge < -0.3 is 20.4 Å². The van der Waals surface area contributed by atoms with Crippen LogP contribution in [0.5, 0.6) is 0 Å². The Labute approximate surface area is 182 Å². The van der Waals surface area contributed by atoms with Crippen molar-refractivity contribution in [1.29, 1.82) is 0 Å². The second kappa shape index (κ2) is 9.28. The first kappa shape index (κ1) is 23.7. The second-order valence-corrected chi connectivity index (χ2v) is 10.8. The molecule has 3 aliphatic rings. The van der Waals surface area contributed by atoms with E-state index < -0.39 is 17.8 Å². The summed E-state index contributed by atoms with van der Waals surface area (Å²) in [6.07, 6.45) is 11.8. The summed E-state index contributed by atoms with van der Waals surface area (Å²) in [7, 11) is 0. The Balaban J connectivity index is 1.73. The predicted octanol–water partition coefficient (Wildman–Crippen LogP) is 4.29. The third-order valence-corrected chi connectivity index (χ3v) is 8.47. The van der Waals surface area contributed by atoms with E-state index in [1.54, 1.807) is 6.92 Å². The van der Waals surface area contributed by atoms with Gasteiger partial charge in [0.15, 0.2) is 0 Å². The van der Waals surface area contributed by atoms with Gasteiger partial charge in [-0.05, 0) is 92.6 Å². The molecule has 4 N–H and O–H groups in total. The molecule has 0 aromatic rings. The minimum atomic E-state index is -0.978. The Hall–Kier alpha value is -0.940. The lowest BCUT2D eigenvalue weighted by molar-refractivity contribution is -0.0145. The first-order chi connectivity index (χ1) is 14.1. The molecule has 4 nitrogen and oxygen atoms in total. The molecule has 0 unspecified atom stereocenters. The van der Waals surface area contributed by atoms with Gasteiger partial charge in [0.1, 0.15) is 0 Å². The molecule has 0 radical (unpaired) electrons. The Morgan fingerprint density at radius 2 is 2.00 bits per heavy atom. The molecule has 0 aromatic carbocycles. The van der Waals surface area contributed by atoms with Gasteiger partial charge in [0.25, 0.3) is 0 Å². The molecule has 0 amide bonds. The van der Waals surface area contributed by atoms with Crippen molar-refractivity contribution < 1.29 is 20.4 Å². The third-order valence-electron chi connectivity index (χ3n) is 8.47. The lowest BCUT2D eigenvalue weighted by Crippen LogP contribution is -2.37. The Morgan fingerprint density at radius 3 is 2.70 bits per heavy atom. The van der Waals surface area contributed by atoms with Crippen LogP contribution in [0.15, 0.2) is 35.5 Å². The summed E-state index contributed by atoms with van der Waals surface area (Å²) in [5, 5.41) is 39.7. The van der Waals surface area contributed by atoms with Crippen LogP contribution in [0.3, 0.4) is 0 Å². The summed E-state index contributed by atoms with van der Waals surface area (Å²) in [5.74, 6) is 1.75. The maximum atomic E-state index is 10.2. The van der Waals surface area contributed by atoms with Crippen molar-refractivity contribution in [2.75, 3.05) is 6.61 Å². The van der Waals surface area contributed by atoms with Crippen molar-refractivity contribution in [3.8, 4) is 0 Å². The summed E-state index contributed by atoms with van der Waals surface area (Å²) in [6.45, 7) is 10.4. The van der Waals surface area contributed by atoms with Gasteiger partial charge in [-0.3, -0.25) is 0 Å². The summed E-state index contributed by atoms with van der Waals surface area (Å²) < 4.78 is 0. The fourth-order valence-corrected chi connectivity index (χ4v) is 6.50. The van der Waals surface area contributed by atoms with E-state index in [0.29, 0.717) is 37.0 Å². The average molecular weight is 419 g/mol. The summed E-state index contributed by atoms with van der Waals surface area (Å²) in [6, 6.07) is 0. The topological polar surface area (TPSA) is 80.9 Å². The molecule has 0 heterocycles. The summed E-state index contributed by atoms with van der Waals surface area (Å²) in [5.41, 5.74) is 2.56. The zero-order chi connectivity index (χ0) is 22.1. The lowest BCUT2D eigenvalue weighted by atomic mass is 9.60. The molecule has 170 valence electrons. The molecule has 0 aliphatic heterocycles. The maximum absolute atomic E-state index is 10.2. The lowest BCUT2D eigenvalue weighted by Gasteiger charge is -2.44. The van der Waals surface area contributed by atoms with E-state index in [4.69, 9.17) is 0 Å². The molecule has 3 rings (SSSR count). The van der Waals surface area contributed by atoms with Gasteiger partial charge in [0.2, 0.25) is 0 Å². The molecule has 7 atom stereocenters. The second-order valence-electron chi connectivity index (χ2n) is 10.8. The van der Waals surface area contributed by atoms with E-state index in [1.165, 1.54) is 31.3 Å². The maximum Gasteiger partial charge on any atom is 0.0849 e. The highest BCUT2D eigenvalue weighted by atomic mass is 16.3. The highest BCUT2D eigenvalue weighted by Crippen LogP contribution is 2.60. The quantitative estimate of drug-likeness (QED) is 0.519. The van der Waals surface area contributed by atoms with Crippen LogP contribution < -0.4 is 0 Å². The van der Waals surface area contributed by atoms with Crippen LogP contribution in [0.1, 0.15) is 78.6 Å². The zero-order valence-electron chi connectivity index (χ0n) is 19.1. The number of hydrogen-bond acceptors (Lipinski definition) is 4. The standard InChI is InChI=1S/C26H42O4/c1-17(11-13-25(3,30)16-27)22-9-10-23-19(6-5-12-26(22,23)4)7-8-20-14-21(28)15-24(29)18(20)2/h7-8,17,21-24,27-30H,2,5-6,9-16H2,1,3-4H3/b19-7+,20-8-/t17-,21-,22-,23+,24+,25-,26-/m1/s1. The van der Waals surface area contributed by atoms with Crippen LogP contribution in [0.25, 0.3) is 0 Å². The van der Waals surface area contributed by atoms with Crippen LogP contribution in [0.4, 0.5) is 0 Å². The van der Waals surface area contributed by atoms with Gasteiger partial charge in [-0.25, -0.2) is 0 Å². The van der Waals surface area contributed by atoms with E-state index >= 15 is 0 Å². The molecule has 30 heavy (non-hydrogen) atoms. The predicted molar refractivity (Wildman–Crippen MR) is 121 cm³/mol. The van der Waals surface area contributed by atoms with E-state index in [-0.39, 0.29) is 12.0 Å². The minimum absolute atomic E-state index is 0.180. The summed E-state index contributed by atoms with van der Waals surface area (Å²) >= 11 is 0. The fraction of sp³-hybridized carbons (Fsp3) is 0.769. The van der Waals surface area contributed by atoms with Crippen molar-refractivity contribution >= 4 is 0 Å².